The average molecular weight is 404 g/mol. The summed E-state index contributed by atoms with van der Waals surface area (Å²) in [7, 11) is 0. The molecular weight excluding hydrogens is 391 g/mol. The second kappa shape index (κ2) is 6.74. The lowest BCUT2D eigenvalue weighted by Gasteiger charge is -2.08. The van der Waals surface area contributed by atoms with Gasteiger partial charge in [0.25, 0.3) is 5.91 Å². The first-order chi connectivity index (χ1) is 10.7. The molecule has 0 fully saturated rings. The van der Waals surface area contributed by atoms with E-state index in [0.29, 0.717) is 11.6 Å². The predicted octanol–water partition coefficient (Wildman–Crippen LogP) is 3.86. The maximum Gasteiger partial charge on any atom is 0.263 e. The molecule has 1 heterocycles. The van der Waals surface area contributed by atoms with Crippen molar-refractivity contribution in [1.29, 1.82) is 0 Å². The van der Waals surface area contributed by atoms with Gasteiger partial charge in [0, 0.05) is 9.77 Å². The van der Waals surface area contributed by atoms with Gasteiger partial charge in [-0.2, -0.15) is 0 Å². The molecule has 4 nitrogen and oxygen atoms in total. The topological polar surface area (TPSA) is 51.2 Å². The summed E-state index contributed by atoms with van der Waals surface area (Å²) in [5, 5.41) is 4.92. The number of ether oxygens (including phenoxy) is 1. The molecule has 5 heteroatoms. The second-order valence-electron chi connectivity index (χ2n) is 4.71. The van der Waals surface area contributed by atoms with E-state index in [1.54, 1.807) is 12.3 Å². The summed E-state index contributed by atoms with van der Waals surface area (Å²) in [5.74, 6) is 0.957. The fraction of sp³-hybridized carbons (Fsp3) is 0.0588. The Hall–Kier alpha value is -2.15. The van der Waals surface area contributed by atoms with Crippen molar-refractivity contribution in [2.45, 2.75) is 0 Å². The quantitative estimate of drug-likeness (QED) is 0.673. The third kappa shape index (κ3) is 3.73. The molecule has 3 rings (SSSR count). The molecule has 22 heavy (non-hydrogen) atoms. The van der Waals surface area contributed by atoms with Crippen LogP contribution in [-0.2, 0) is 4.79 Å². The van der Waals surface area contributed by atoms with E-state index in [9.17, 15) is 4.79 Å². The van der Waals surface area contributed by atoms with Crippen LogP contribution in [-0.4, -0.2) is 17.5 Å². The second-order valence-corrected chi connectivity index (χ2v) is 5.95. The number of nitrogens with zero attached hydrogens (tertiary/aromatic N) is 1. The van der Waals surface area contributed by atoms with Gasteiger partial charge >= 0.3 is 0 Å². The fourth-order valence-electron chi connectivity index (χ4n) is 2.03. The highest BCUT2D eigenvalue weighted by molar-refractivity contribution is 14.1. The Kier molecular flexibility index (Phi) is 4.53. The third-order valence-electron chi connectivity index (χ3n) is 3.09. The molecule has 0 spiro atoms. The molecule has 0 bridgehead atoms. The highest BCUT2D eigenvalue weighted by Gasteiger charge is 2.05. The average Bonchev–Trinajstić information content (AvgIpc) is 2.55. The van der Waals surface area contributed by atoms with E-state index in [2.05, 4.69) is 32.9 Å². The number of hydrogen-bond acceptors (Lipinski definition) is 3. The minimum Gasteiger partial charge on any atom is -0.484 e. The standard InChI is InChI=1S/C17H13IN2O2/c18-14-6-8-16(19-10-14)20-17(21)11-22-15-7-5-12-3-1-2-4-13(12)9-15/h1-10H,11H2,(H,19,20,21). The van der Waals surface area contributed by atoms with Crippen LogP contribution >= 0.6 is 22.6 Å². The van der Waals surface area contributed by atoms with E-state index in [0.717, 1.165) is 14.3 Å². The molecule has 0 aliphatic heterocycles. The van der Waals surface area contributed by atoms with E-state index in [4.69, 9.17) is 4.74 Å². The smallest absolute Gasteiger partial charge is 0.263 e. The van der Waals surface area contributed by atoms with Crippen molar-refractivity contribution < 1.29 is 9.53 Å². The molecule has 3 aromatic rings. The number of rotatable bonds is 4. The van der Waals surface area contributed by atoms with Crippen LogP contribution in [0.4, 0.5) is 5.82 Å². The zero-order chi connectivity index (χ0) is 15.4. The summed E-state index contributed by atoms with van der Waals surface area (Å²) >= 11 is 2.16. The van der Waals surface area contributed by atoms with Crippen molar-refractivity contribution in [3.05, 3.63) is 64.4 Å². The van der Waals surface area contributed by atoms with E-state index < -0.39 is 0 Å². The summed E-state index contributed by atoms with van der Waals surface area (Å²) in [4.78, 5) is 16.0. The Bertz CT molecular complexity index is 803. The number of pyridine rings is 1. The summed E-state index contributed by atoms with van der Waals surface area (Å²) in [6.45, 7) is -0.0496. The van der Waals surface area contributed by atoms with Gasteiger partial charge in [0.1, 0.15) is 11.6 Å². The molecular formula is C17H13IN2O2. The van der Waals surface area contributed by atoms with Crippen molar-refractivity contribution >= 4 is 45.1 Å². The molecule has 0 radical (unpaired) electrons. The zero-order valence-electron chi connectivity index (χ0n) is 11.6. The van der Waals surface area contributed by atoms with Crippen LogP contribution in [0, 0.1) is 3.57 Å². The molecule has 0 saturated heterocycles. The minimum atomic E-state index is -0.234. The molecule has 1 N–H and O–H groups in total. The SMILES string of the molecule is O=C(COc1ccc2ccccc2c1)Nc1ccc(I)cn1. The van der Waals surface area contributed by atoms with Gasteiger partial charge in [-0.3, -0.25) is 4.79 Å². The van der Waals surface area contributed by atoms with Crippen LogP contribution in [0.3, 0.4) is 0 Å². The van der Waals surface area contributed by atoms with Crippen LogP contribution in [0.15, 0.2) is 60.8 Å². The minimum absolute atomic E-state index is 0.0496. The van der Waals surface area contributed by atoms with E-state index in [-0.39, 0.29) is 12.5 Å². The van der Waals surface area contributed by atoms with Gasteiger partial charge in [-0.15, -0.1) is 0 Å². The number of carbonyl (C=O) groups excluding carboxylic acids is 1. The van der Waals surface area contributed by atoms with Crippen LogP contribution in [0.25, 0.3) is 10.8 Å². The van der Waals surface area contributed by atoms with Gasteiger partial charge in [0.05, 0.1) is 0 Å². The highest BCUT2D eigenvalue weighted by Crippen LogP contribution is 2.20. The van der Waals surface area contributed by atoms with Gasteiger partial charge in [-0.05, 0) is 57.6 Å². The van der Waals surface area contributed by atoms with Gasteiger partial charge in [-0.1, -0.05) is 30.3 Å². The van der Waals surface area contributed by atoms with Gasteiger partial charge < -0.3 is 10.1 Å². The summed E-state index contributed by atoms with van der Waals surface area (Å²) < 4.78 is 6.55. The molecule has 0 aliphatic rings. The molecule has 0 unspecified atom stereocenters. The van der Waals surface area contributed by atoms with Crippen molar-refractivity contribution in [3.63, 3.8) is 0 Å². The number of halogens is 1. The van der Waals surface area contributed by atoms with E-state index >= 15 is 0 Å². The molecule has 0 atom stereocenters. The Morgan fingerprint density at radius 2 is 1.91 bits per heavy atom. The van der Waals surface area contributed by atoms with Crippen LogP contribution in [0.2, 0.25) is 0 Å². The Balaban J connectivity index is 1.60. The van der Waals surface area contributed by atoms with Crippen molar-refractivity contribution in [2.24, 2.45) is 0 Å². The van der Waals surface area contributed by atoms with Gasteiger partial charge in [0.2, 0.25) is 0 Å². The summed E-state index contributed by atoms with van der Waals surface area (Å²) in [6, 6.07) is 17.4. The zero-order valence-corrected chi connectivity index (χ0v) is 13.8. The number of benzene rings is 2. The Labute approximate surface area is 141 Å². The monoisotopic (exact) mass is 404 g/mol. The lowest BCUT2D eigenvalue weighted by molar-refractivity contribution is -0.118. The van der Waals surface area contributed by atoms with Crippen molar-refractivity contribution in [1.82, 2.24) is 4.98 Å². The predicted molar refractivity (Wildman–Crippen MR) is 95.0 cm³/mol. The number of nitrogens with one attached hydrogen (secondary N) is 1. The normalized spacial score (nSPS) is 10.4. The largest absolute Gasteiger partial charge is 0.484 e. The first-order valence-electron chi connectivity index (χ1n) is 6.74. The number of aromatic nitrogens is 1. The Morgan fingerprint density at radius 1 is 1.09 bits per heavy atom. The van der Waals surface area contributed by atoms with Crippen LogP contribution < -0.4 is 10.1 Å². The Morgan fingerprint density at radius 3 is 2.68 bits per heavy atom. The third-order valence-corrected chi connectivity index (χ3v) is 3.72. The van der Waals surface area contributed by atoms with Crippen LogP contribution in [0.5, 0.6) is 5.75 Å². The van der Waals surface area contributed by atoms with Crippen molar-refractivity contribution in [2.75, 3.05) is 11.9 Å². The molecule has 2 aromatic carbocycles. The number of hydrogen-bond donors (Lipinski definition) is 1. The lowest BCUT2D eigenvalue weighted by Crippen LogP contribution is -2.20. The molecule has 0 aliphatic carbocycles. The van der Waals surface area contributed by atoms with E-state index in [1.807, 2.05) is 48.5 Å². The first-order valence-corrected chi connectivity index (χ1v) is 7.81. The number of fused-ring (bicyclic) bond motifs is 1. The van der Waals surface area contributed by atoms with Gasteiger partial charge in [-0.25, -0.2) is 4.98 Å². The molecule has 110 valence electrons. The summed E-state index contributed by atoms with van der Waals surface area (Å²) in [6.07, 6.45) is 1.69. The fourth-order valence-corrected chi connectivity index (χ4v) is 2.35. The highest BCUT2D eigenvalue weighted by atomic mass is 127. The number of anilines is 1. The first kappa shape index (κ1) is 14.8. The van der Waals surface area contributed by atoms with Crippen LogP contribution in [0.1, 0.15) is 0 Å². The summed E-state index contributed by atoms with van der Waals surface area (Å²) in [5.41, 5.74) is 0. The van der Waals surface area contributed by atoms with Crippen molar-refractivity contribution in [3.8, 4) is 5.75 Å². The maximum atomic E-state index is 11.9. The number of amides is 1. The molecule has 0 saturated carbocycles. The lowest BCUT2D eigenvalue weighted by atomic mass is 10.1. The maximum absolute atomic E-state index is 11.9. The van der Waals surface area contributed by atoms with Gasteiger partial charge in [0.15, 0.2) is 6.61 Å². The number of carbonyl (C=O) groups is 1. The molecule has 1 aromatic heterocycles. The van der Waals surface area contributed by atoms with E-state index in [1.165, 1.54) is 0 Å². The molecule has 1 amide bonds.